The van der Waals surface area contributed by atoms with Gasteiger partial charge in [-0.2, -0.15) is 4.98 Å². The van der Waals surface area contributed by atoms with E-state index in [1.807, 2.05) is 60.3 Å². The Labute approximate surface area is 177 Å². The van der Waals surface area contributed by atoms with Gasteiger partial charge in [0.2, 0.25) is 11.7 Å². The maximum Gasteiger partial charge on any atom is 0.274 e. The van der Waals surface area contributed by atoms with Crippen LogP contribution in [0.5, 0.6) is 0 Å². The number of rotatable bonds is 6. The van der Waals surface area contributed by atoms with Gasteiger partial charge in [0.25, 0.3) is 5.91 Å². The Hall–Kier alpha value is -4.27. The summed E-state index contributed by atoms with van der Waals surface area (Å²) < 4.78 is 9.08. The summed E-state index contributed by atoms with van der Waals surface area (Å²) in [5, 5.41) is 7.06. The number of nitrogens with zero attached hydrogens (tertiary/aromatic N) is 6. The third kappa shape index (κ3) is 3.80. The SMILES string of the molecule is Cc1ccc(-c2noc(CCn3ccnc3)n2)cc1NC(=O)c1cnc2ccccn12. The van der Waals surface area contributed by atoms with Crippen LogP contribution in [0.15, 0.2) is 72.0 Å². The van der Waals surface area contributed by atoms with E-state index in [1.165, 1.54) is 0 Å². The summed E-state index contributed by atoms with van der Waals surface area (Å²) in [6.45, 7) is 2.64. The van der Waals surface area contributed by atoms with E-state index in [1.54, 1.807) is 23.1 Å². The minimum atomic E-state index is -0.243. The maximum atomic E-state index is 12.9. The number of aryl methyl sites for hydroxylation is 3. The summed E-state index contributed by atoms with van der Waals surface area (Å²) in [4.78, 5) is 25.6. The number of aromatic nitrogens is 6. The van der Waals surface area contributed by atoms with Crippen molar-refractivity contribution in [2.45, 2.75) is 19.9 Å². The predicted octanol–water partition coefficient (Wildman–Crippen LogP) is 3.38. The highest BCUT2D eigenvalue weighted by Gasteiger charge is 2.15. The van der Waals surface area contributed by atoms with Gasteiger partial charge in [-0.1, -0.05) is 23.4 Å². The van der Waals surface area contributed by atoms with E-state index in [0.29, 0.717) is 41.7 Å². The minimum Gasteiger partial charge on any atom is -0.339 e. The largest absolute Gasteiger partial charge is 0.339 e. The average Bonchev–Trinajstić information content (AvgIpc) is 3.54. The van der Waals surface area contributed by atoms with Crippen molar-refractivity contribution in [1.82, 2.24) is 29.1 Å². The third-order valence-corrected chi connectivity index (χ3v) is 5.00. The van der Waals surface area contributed by atoms with E-state index < -0.39 is 0 Å². The van der Waals surface area contributed by atoms with Gasteiger partial charge in [0.1, 0.15) is 11.3 Å². The van der Waals surface area contributed by atoms with Crippen LogP contribution in [0.1, 0.15) is 21.9 Å². The summed E-state index contributed by atoms with van der Waals surface area (Å²) in [7, 11) is 0. The summed E-state index contributed by atoms with van der Waals surface area (Å²) in [6, 6.07) is 11.3. The number of carbonyl (C=O) groups is 1. The van der Waals surface area contributed by atoms with Crippen molar-refractivity contribution in [3.63, 3.8) is 0 Å². The lowest BCUT2D eigenvalue weighted by Crippen LogP contribution is -2.15. The first kappa shape index (κ1) is 18.7. The van der Waals surface area contributed by atoms with Crippen molar-refractivity contribution in [2.24, 2.45) is 0 Å². The van der Waals surface area contributed by atoms with E-state index in [2.05, 4.69) is 25.4 Å². The topological polar surface area (TPSA) is 103 Å². The van der Waals surface area contributed by atoms with Gasteiger partial charge in [0, 0.05) is 42.8 Å². The molecule has 0 radical (unpaired) electrons. The molecule has 0 saturated carbocycles. The van der Waals surface area contributed by atoms with Crippen LogP contribution in [-0.2, 0) is 13.0 Å². The maximum absolute atomic E-state index is 12.9. The lowest BCUT2D eigenvalue weighted by molar-refractivity contribution is 0.102. The monoisotopic (exact) mass is 413 g/mol. The van der Waals surface area contributed by atoms with Gasteiger partial charge in [0.05, 0.1) is 12.5 Å². The van der Waals surface area contributed by atoms with Crippen LogP contribution < -0.4 is 5.32 Å². The molecule has 154 valence electrons. The second-order valence-electron chi connectivity index (χ2n) is 7.12. The molecule has 0 fully saturated rings. The number of amides is 1. The van der Waals surface area contributed by atoms with Gasteiger partial charge in [-0.25, -0.2) is 9.97 Å². The van der Waals surface area contributed by atoms with Crippen molar-refractivity contribution in [1.29, 1.82) is 0 Å². The van der Waals surface area contributed by atoms with E-state index in [4.69, 9.17) is 4.52 Å². The Kier molecular flexibility index (Phi) is 4.75. The molecule has 5 rings (SSSR count). The molecular formula is C22H19N7O2. The summed E-state index contributed by atoms with van der Waals surface area (Å²) >= 11 is 0. The van der Waals surface area contributed by atoms with Gasteiger partial charge in [-0.3, -0.25) is 9.20 Å². The number of imidazole rings is 2. The number of carbonyl (C=O) groups excluding carboxylic acids is 1. The van der Waals surface area contributed by atoms with Crippen molar-refractivity contribution in [3.05, 3.63) is 84.7 Å². The Morgan fingerprint density at radius 1 is 1.19 bits per heavy atom. The molecule has 0 aliphatic rings. The first-order valence-electron chi connectivity index (χ1n) is 9.80. The number of fused-ring (bicyclic) bond motifs is 1. The summed E-state index contributed by atoms with van der Waals surface area (Å²) in [5.41, 5.74) is 3.54. The van der Waals surface area contributed by atoms with Crippen LogP contribution in [0, 0.1) is 6.92 Å². The Morgan fingerprint density at radius 3 is 3.00 bits per heavy atom. The fourth-order valence-electron chi connectivity index (χ4n) is 3.30. The smallest absolute Gasteiger partial charge is 0.274 e. The summed E-state index contributed by atoms with van der Waals surface area (Å²) in [6.07, 6.45) is 9.34. The molecule has 0 unspecified atom stereocenters. The normalized spacial score (nSPS) is 11.1. The number of nitrogens with one attached hydrogen (secondary N) is 1. The number of anilines is 1. The molecule has 0 aliphatic carbocycles. The molecule has 1 N–H and O–H groups in total. The van der Waals surface area contributed by atoms with Gasteiger partial charge < -0.3 is 14.4 Å². The molecule has 0 bridgehead atoms. The molecular weight excluding hydrogens is 394 g/mol. The zero-order valence-corrected chi connectivity index (χ0v) is 16.8. The highest BCUT2D eigenvalue weighted by molar-refractivity contribution is 6.04. The molecule has 0 atom stereocenters. The molecule has 9 heteroatoms. The molecule has 1 amide bonds. The predicted molar refractivity (Wildman–Crippen MR) is 114 cm³/mol. The molecule has 9 nitrogen and oxygen atoms in total. The minimum absolute atomic E-state index is 0.243. The highest BCUT2D eigenvalue weighted by Crippen LogP contribution is 2.24. The first-order valence-corrected chi connectivity index (χ1v) is 9.80. The standard InChI is InChI=1S/C22H19N7O2/c1-15-5-6-16(21-26-20(31-27-21)7-10-28-11-8-23-14-28)12-17(15)25-22(30)18-13-24-19-4-2-3-9-29(18)19/h2-6,8-9,11-14H,7,10H2,1H3,(H,25,30). The highest BCUT2D eigenvalue weighted by atomic mass is 16.5. The van der Waals surface area contributed by atoms with E-state index in [9.17, 15) is 4.79 Å². The van der Waals surface area contributed by atoms with E-state index in [-0.39, 0.29) is 5.91 Å². The average molecular weight is 413 g/mol. The van der Waals surface area contributed by atoms with Crippen LogP contribution in [0.2, 0.25) is 0 Å². The van der Waals surface area contributed by atoms with Crippen molar-refractivity contribution in [3.8, 4) is 11.4 Å². The molecule has 0 spiro atoms. The number of pyridine rings is 1. The van der Waals surface area contributed by atoms with Crippen molar-refractivity contribution in [2.75, 3.05) is 5.32 Å². The van der Waals surface area contributed by atoms with Crippen LogP contribution >= 0.6 is 0 Å². The molecule has 1 aromatic carbocycles. The zero-order chi connectivity index (χ0) is 21.2. The van der Waals surface area contributed by atoms with Crippen LogP contribution in [0.4, 0.5) is 5.69 Å². The van der Waals surface area contributed by atoms with Gasteiger partial charge in [0.15, 0.2) is 0 Å². The summed E-state index contributed by atoms with van der Waals surface area (Å²) in [5.74, 6) is 0.777. The van der Waals surface area contributed by atoms with Gasteiger partial charge >= 0.3 is 0 Å². The zero-order valence-electron chi connectivity index (χ0n) is 16.8. The van der Waals surface area contributed by atoms with Crippen LogP contribution in [0.3, 0.4) is 0 Å². The Balaban J connectivity index is 1.35. The van der Waals surface area contributed by atoms with Gasteiger partial charge in [-0.05, 0) is 30.7 Å². The molecule has 0 aliphatic heterocycles. The lowest BCUT2D eigenvalue weighted by atomic mass is 10.1. The molecule has 0 saturated heterocycles. The van der Waals surface area contributed by atoms with Crippen molar-refractivity contribution < 1.29 is 9.32 Å². The Bertz CT molecular complexity index is 1350. The molecule has 4 aromatic heterocycles. The number of hydrogen-bond acceptors (Lipinski definition) is 6. The fraction of sp³-hybridized carbons (Fsp3) is 0.136. The first-order chi connectivity index (χ1) is 15.2. The Morgan fingerprint density at radius 2 is 2.13 bits per heavy atom. The molecule has 5 aromatic rings. The third-order valence-electron chi connectivity index (χ3n) is 5.00. The van der Waals surface area contributed by atoms with Crippen LogP contribution in [0.25, 0.3) is 17.0 Å². The van der Waals surface area contributed by atoms with E-state index >= 15 is 0 Å². The second-order valence-corrected chi connectivity index (χ2v) is 7.12. The quantitative estimate of drug-likeness (QED) is 0.458. The van der Waals surface area contributed by atoms with Crippen LogP contribution in [-0.4, -0.2) is 35.0 Å². The number of benzene rings is 1. The second kappa shape index (κ2) is 7.86. The molecule has 31 heavy (non-hydrogen) atoms. The molecule has 4 heterocycles. The number of hydrogen-bond donors (Lipinski definition) is 1. The van der Waals surface area contributed by atoms with Gasteiger partial charge in [-0.15, -0.1) is 0 Å². The van der Waals surface area contributed by atoms with Crippen molar-refractivity contribution >= 4 is 17.2 Å². The van der Waals surface area contributed by atoms with E-state index in [0.717, 1.165) is 11.1 Å². The lowest BCUT2D eigenvalue weighted by Gasteiger charge is -2.09. The fourth-order valence-corrected chi connectivity index (χ4v) is 3.30.